The SMILES string of the molecule is CCCCCCCCCCCCSc1ccc(C(=O)n2ccnc2)s1. The second kappa shape index (κ2) is 12.3. The van der Waals surface area contributed by atoms with Gasteiger partial charge in [-0.05, 0) is 24.3 Å². The fourth-order valence-electron chi connectivity index (χ4n) is 2.78. The summed E-state index contributed by atoms with van der Waals surface area (Å²) in [6.07, 6.45) is 18.6. The van der Waals surface area contributed by atoms with Crippen LogP contribution in [0.2, 0.25) is 0 Å². The Labute approximate surface area is 160 Å². The number of aromatic nitrogens is 2. The van der Waals surface area contributed by atoms with E-state index < -0.39 is 0 Å². The minimum absolute atomic E-state index is 0.00767. The average Bonchev–Trinajstić information content (AvgIpc) is 3.31. The van der Waals surface area contributed by atoms with E-state index >= 15 is 0 Å². The highest BCUT2D eigenvalue weighted by Crippen LogP contribution is 2.28. The summed E-state index contributed by atoms with van der Waals surface area (Å²) in [7, 11) is 0. The lowest BCUT2D eigenvalue weighted by Gasteiger charge is -2.02. The van der Waals surface area contributed by atoms with E-state index in [0.717, 1.165) is 10.6 Å². The van der Waals surface area contributed by atoms with E-state index in [1.807, 2.05) is 17.8 Å². The third-order valence-electron chi connectivity index (χ3n) is 4.27. The molecule has 138 valence electrons. The van der Waals surface area contributed by atoms with Gasteiger partial charge in [0, 0.05) is 12.4 Å². The molecule has 0 bridgehead atoms. The number of thioether (sulfide) groups is 1. The van der Waals surface area contributed by atoms with Gasteiger partial charge in [-0.3, -0.25) is 9.36 Å². The third kappa shape index (κ3) is 7.78. The smallest absolute Gasteiger partial charge is 0.272 e. The predicted molar refractivity (Wildman–Crippen MR) is 109 cm³/mol. The Kier molecular flexibility index (Phi) is 9.97. The number of unbranched alkanes of at least 4 members (excludes halogenated alkanes) is 9. The van der Waals surface area contributed by atoms with Gasteiger partial charge in [-0.1, -0.05) is 64.7 Å². The van der Waals surface area contributed by atoms with Gasteiger partial charge in [0.05, 0.1) is 9.09 Å². The van der Waals surface area contributed by atoms with Crippen molar-refractivity contribution < 1.29 is 4.79 Å². The van der Waals surface area contributed by atoms with Crippen molar-refractivity contribution in [2.45, 2.75) is 75.3 Å². The van der Waals surface area contributed by atoms with Crippen molar-refractivity contribution in [3.05, 3.63) is 35.7 Å². The minimum Gasteiger partial charge on any atom is -0.272 e. The molecule has 0 saturated heterocycles. The van der Waals surface area contributed by atoms with Crippen molar-refractivity contribution >= 4 is 29.0 Å². The molecule has 2 aromatic rings. The summed E-state index contributed by atoms with van der Waals surface area (Å²) >= 11 is 3.46. The molecule has 3 nitrogen and oxygen atoms in total. The highest BCUT2D eigenvalue weighted by molar-refractivity contribution is 8.01. The number of hydrogen-bond donors (Lipinski definition) is 0. The second-order valence-electron chi connectivity index (χ2n) is 6.42. The molecular formula is C20H30N2OS2. The van der Waals surface area contributed by atoms with Crippen LogP contribution in [0.25, 0.3) is 0 Å². The average molecular weight is 379 g/mol. The van der Waals surface area contributed by atoms with Crippen molar-refractivity contribution in [2.24, 2.45) is 0 Å². The van der Waals surface area contributed by atoms with E-state index in [4.69, 9.17) is 0 Å². The third-order valence-corrected chi connectivity index (χ3v) is 6.66. The number of imidazole rings is 1. The van der Waals surface area contributed by atoms with E-state index in [-0.39, 0.29) is 5.91 Å². The van der Waals surface area contributed by atoms with Gasteiger partial charge in [-0.25, -0.2) is 4.98 Å². The van der Waals surface area contributed by atoms with Crippen molar-refractivity contribution in [3.8, 4) is 0 Å². The lowest BCUT2D eigenvalue weighted by Crippen LogP contribution is -2.07. The van der Waals surface area contributed by atoms with Crippen LogP contribution in [0.15, 0.2) is 35.1 Å². The molecule has 25 heavy (non-hydrogen) atoms. The number of carbonyl (C=O) groups is 1. The molecule has 0 radical (unpaired) electrons. The molecule has 5 heteroatoms. The first-order chi connectivity index (χ1) is 12.3. The molecule has 0 aliphatic carbocycles. The van der Waals surface area contributed by atoms with E-state index in [1.165, 1.54) is 73.0 Å². The molecule has 0 N–H and O–H groups in total. The monoisotopic (exact) mass is 378 g/mol. The number of hydrogen-bond acceptors (Lipinski definition) is 4. The van der Waals surface area contributed by atoms with Crippen LogP contribution in [0.3, 0.4) is 0 Å². The lowest BCUT2D eigenvalue weighted by atomic mass is 10.1. The zero-order valence-electron chi connectivity index (χ0n) is 15.3. The van der Waals surface area contributed by atoms with E-state index in [9.17, 15) is 4.79 Å². The Hall–Kier alpha value is -1.07. The van der Waals surface area contributed by atoms with E-state index in [0.29, 0.717) is 0 Å². The Bertz CT molecular complexity index is 593. The lowest BCUT2D eigenvalue weighted by molar-refractivity contribution is 0.0964. The first kappa shape index (κ1) is 20.2. The van der Waals surface area contributed by atoms with Crippen molar-refractivity contribution in [3.63, 3.8) is 0 Å². The van der Waals surface area contributed by atoms with Crippen LogP contribution in [0.5, 0.6) is 0 Å². The van der Waals surface area contributed by atoms with Gasteiger partial charge in [0.1, 0.15) is 6.33 Å². The van der Waals surface area contributed by atoms with Gasteiger partial charge >= 0.3 is 0 Å². The highest BCUT2D eigenvalue weighted by Gasteiger charge is 2.11. The van der Waals surface area contributed by atoms with Gasteiger partial charge in [-0.2, -0.15) is 0 Å². The van der Waals surface area contributed by atoms with Gasteiger partial charge in [-0.15, -0.1) is 23.1 Å². The van der Waals surface area contributed by atoms with Gasteiger partial charge < -0.3 is 0 Å². The summed E-state index contributed by atoms with van der Waals surface area (Å²) in [5.74, 6) is 1.16. The maximum atomic E-state index is 12.2. The largest absolute Gasteiger partial charge is 0.273 e. The summed E-state index contributed by atoms with van der Waals surface area (Å²) in [6, 6.07) is 3.99. The molecule has 0 fully saturated rings. The standard InChI is InChI=1S/C20H30N2OS2/c1-2-3-4-5-6-7-8-9-10-11-16-24-19-13-12-18(25-19)20(23)22-15-14-21-17-22/h12-15,17H,2-11,16H2,1H3. The Morgan fingerprint density at radius 3 is 2.36 bits per heavy atom. The summed E-state index contributed by atoms with van der Waals surface area (Å²) < 4.78 is 2.77. The predicted octanol–water partition coefficient (Wildman–Crippen LogP) is 6.65. The molecule has 0 spiro atoms. The zero-order chi connectivity index (χ0) is 17.7. The first-order valence-corrected chi connectivity index (χ1v) is 11.4. The zero-order valence-corrected chi connectivity index (χ0v) is 16.9. The fraction of sp³-hybridized carbons (Fsp3) is 0.600. The fourth-order valence-corrected chi connectivity index (χ4v) is 4.93. The van der Waals surface area contributed by atoms with Crippen LogP contribution >= 0.6 is 23.1 Å². The van der Waals surface area contributed by atoms with Crippen molar-refractivity contribution in [2.75, 3.05) is 5.75 Å². The van der Waals surface area contributed by atoms with Crippen molar-refractivity contribution in [1.29, 1.82) is 0 Å². The quantitative estimate of drug-likeness (QED) is 0.289. The van der Waals surface area contributed by atoms with Gasteiger partial charge in [0.2, 0.25) is 0 Å². The molecule has 0 atom stereocenters. The number of nitrogens with zero attached hydrogens (tertiary/aromatic N) is 2. The molecule has 2 aromatic heterocycles. The molecule has 0 unspecified atom stereocenters. The van der Waals surface area contributed by atoms with Crippen molar-refractivity contribution in [1.82, 2.24) is 9.55 Å². The summed E-state index contributed by atoms with van der Waals surface area (Å²) in [5.41, 5.74) is 0. The number of carbonyl (C=O) groups excluding carboxylic acids is 1. The Morgan fingerprint density at radius 1 is 1.04 bits per heavy atom. The molecule has 0 amide bonds. The Morgan fingerprint density at radius 2 is 1.72 bits per heavy atom. The molecule has 0 aliphatic rings. The van der Waals surface area contributed by atoms with E-state index in [2.05, 4.69) is 18.0 Å². The molecule has 0 aromatic carbocycles. The molecular weight excluding hydrogens is 348 g/mol. The molecule has 0 saturated carbocycles. The van der Waals surface area contributed by atoms with Crippen LogP contribution in [0.4, 0.5) is 0 Å². The summed E-state index contributed by atoms with van der Waals surface area (Å²) in [6.45, 7) is 2.27. The summed E-state index contributed by atoms with van der Waals surface area (Å²) in [5, 5.41) is 0. The number of rotatable bonds is 13. The maximum Gasteiger partial charge on any atom is 0.273 e. The van der Waals surface area contributed by atoms with Crippen LogP contribution in [0.1, 0.15) is 80.8 Å². The normalized spacial score (nSPS) is 11.1. The molecule has 0 aliphatic heterocycles. The van der Waals surface area contributed by atoms with Crippen LogP contribution in [-0.2, 0) is 0 Å². The van der Waals surface area contributed by atoms with Crippen LogP contribution < -0.4 is 0 Å². The minimum atomic E-state index is 0.00767. The highest BCUT2D eigenvalue weighted by atomic mass is 32.2. The number of thiophene rings is 1. The second-order valence-corrected chi connectivity index (χ2v) is 8.90. The molecule has 2 rings (SSSR count). The van der Waals surface area contributed by atoms with Gasteiger partial charge in [0.25, 0.3) is 5.91 Å². The maximum absolute atomic E-state index is 12.2. The molecule has 2 heterocycles. The Balaban J connectivity index is 1.51. The van der Waals surface area contributed by atoms with Gasteiger partial charge in [0.15, 0.2) is 0 Å². The van der Waals surface area contributed by atoms with E-state index in [1.54, 1.807) is 30.1 Å². The first-order valence-electron chi connectivity index (χ1n) is 9.56. The topological polar surface area (TPSA) is 34.9 Å². The summed E-state index contributed by atoms with van der Waals surface area (Å²) in [4.78, 5) is 16.9. The van der Waals surface area contributed by atoms with Crippen LogP contribution in [-0.4, -0.2) is 21.2 Å². The van der Waals surface area contributed by atoms with Crippen LogP contribution in [0, 0.1) is 0 Å².